The second-order valence-electron chi connectivity index (χ2n) is 4.73. The first-order chi connectivity index (χ1) is 8.97. The summed E-state index contributed by atoms with van der Waals surface area (Å²) in [6, 6.07) is 4.88. The first-order valence-electron chi connectivity index (χ1n) is 6.43. The third-order valence-electron chi connectivity index (χ3n) is 2.96. The molecule has 0 bridgehead atoms. The van der Waals surface area contributed by atoms with Crippen LogP contribution < -0.4 is 11.1 Å². The molecule has 1 aromatic carbocycles. The van der Waals surface area contributed by atoms with Crippen molar-refractivity contribution in [3.63, 3.8) is 0 Å². The van der Waals surface area contributed by atoms with Gasteiger partial charge < -0.3 is 20.9 Å². The Morgan fingerprint density at radius 1 is 1.47 bits per heavy atom. The number of ether oxygens (including phenoxy) is 1. The third kappa shape index (κ3) is 4.13. The average molecular weight is 266 g/mol. The number of nitrogens with two attached hydrogens (primary N) is 1. The van der Waals surface area contributed by atoms with Crippen molar-refractivity contribution >= 4 is 17.3 Å². The summed E-state index contributed by atoms with van der Waals surface area (Å²) < 4.78 is 5.42. The SMILES string of the molecule is CCOCC(Nc1c(N)cccc1C(=O)O)C(C)C. The second-order valence-corrected chi connectivity index (χ2v) is 4.73. The van der Waals surface area contributed by atoms with Crippen molar-refractivity contribution in [1.29, 1.82) is 0 Å². The van der Waals surface area contributed by atoms with Crippen LogP contribution >= 0.6 is 0 Å². The molecule has 0 aliphatic carbocycles. The Labute approximate surface area is 113 Å². The number of rotatable bonds is 7. The summed E-state index contributed by atoms with van der Waals surface area (Å²) in [5.74, 6) is -0.693. The number of anilines is 2. The number of benzene rings is 1. The van der Waals surface area contributed by atoms with Gasteiger partial charge >= 0.3 is 5.97 Å². The van der Waals surface area contributed by atoms with E-state index in [2.05, 4.69) is 19.2 Å². The molecular weight excluding hydrogens is 244 g/mol. The molecule has 5 nitrogen and oxygen atoms in total. The molecule has 5 heteroatoms. The summed E-state index contributed by atoms with van der Waals surface area (Å²) in [5.41, 5.74) is 6.95. The maximum Gasteiger partial charge on any atom is 0.337 e. The van der Waals surface area contributed by atoms with E-state index < -0.39 is 5.97 Å². The van der Waals surface area contributed by atoms with E-state index in [0.717, 1.165) is 0 Å². The Morgan fingerprint density at radius 2 is 2.16 bits per heavy atom. The lowest BCUT2D eigenvalue weighted by molar-refractivity contribution is 0.0697. The first-order valence-corrected chi connectivity index (χ1v) is 6.43. The van der Waals surface area contributed by atoms with Crippen LogP contribution in [-0.2, 0) is 4.74 Å². The number of carboxylic acids is 1. The van der Waals surface area contributed by atoms with Crippen LogP contribution in [0.1, 0.15) is 31.1 Å². The van der Waals surface area contributed by atoms with Crippen molar-refractivity contribution in [3.05, 3.63) is 23.8 Å². The highest BCUT2D eigenvalue weighted by Crippen LogP contribution is 2.25. The molecule has 0 fully saturated rings. The molecule has 0 spiro atoms. The second kappa shape index (κ2) is 6.99. The number of aromatic carboxylic acids is 1. The van der Waals surface area contributed by atoms with Gasteiger partial charge in [0.2, 0.25) is 0 Å². The quantitative estimate of drug-likeness (QED) is 0.660. The fourth-order valence-corrected chi connectivity index (χ4v) is 1.74. The summed E-state index contributed by atoms with van der Waals surface area (Å²) in [6.07, 6.45) is 0. The predicted molar refractivity (Wildman–Crippen MR) is 76.6 cm³/mol. The van der Waals surface area contributed by atoms with Crippen molar-refractivity contribution in [1.82, 2.24) is 0 Å². The first kappa shape index (κ1) is 15.3. The number of hydrogen-bond donors (Lipinski definition) is 3. The average Bonchev–Trinajstić information content (AvgIpc) is 2.35. The van der Waals surface area contributed by atoms with Gasteiger partial charge in [0.1, 0.15) is 0 Å². The number of hydrogen-bond acceptors (Lipinski definition) is 4. The minimum Gasteiger partial charge on any atom is -0.478 e. The van der Waals surface area contributed by atoms with Crippen molar-refractivity contribution in [2.24, 2.45) is 5.92 Å². The number of nitrogens with one attached hydrogen (secondary N) is 1. The van der Waals surface area contributed by atoms with Crippen LogP contribution in [-0.4, -0.2) is 30.3 Å². The van der Waals surface area contributed by atoms with E-state index in [4.69, 9.17) is 10.5 Å². The van der Waals surface area contributed by atoms with Gasteiger partial charge in [-0.3, -0.25) is 0 Å². The highest BCUT2D eigenvalue weighted by Gasteiger charge is 2.19. The van der Waals surface area contributed by atoms with Crippen LogP contribution in [0.2, 0.25) is 0 Å². The maximum absolute atomic E-state index is 11.2. The van der Waals surface area contributed by atoms with Crippen LogP contribution in [0.3, 0.4) is 0 Å². The van der Waals surface area contributed by atoms with E-state index in [1.165, 1.54) is 0 Å². The summed E-state index contributed by atoms with van der Waals surface area (Å²) in [6.45, 7) is 7.17. The van der Waals surface area contributed by atoms with Gasteiger partial charge in [-0.2, -0.15) is 0 Å². The molecule has 1 rings (SSSR count). The summed E-state index contributed by atoms with van der Waals surface area (Å²) in [7, 11) is 0. The topological polar surface area (TPSA) is 84.6 Å². The molecule has 1 aromatic rings. The molecule has 0 aliphatic rings. The minimum atomic E-state index is -0.992. The van der Waals surface area contributed by atoms with Gasteiger partial charge in [0.15, 0.2) is 0 Å². The van der Waals surface area contributed by atoms with Crippen LogP contribution in [0, 0.1) is 5.92 Å². The smallest absolute Gasteiger partial charge is 0.337 e. The maximum atomic E-state index is 11.2. The predicted octanol–water partition coefficient (Wildman–Crippen LogP) is 2.44. The van der Waals surface area contributed by atoms with E-state index in [-0.39, 0.29) is 11.6 Å². The molecule has 0 heterocycles. The molecule has 0 aromatic heterocycles. The van der Waals surface area contributed by atoms with E-state index in [0.29, 0.717) is 30.5 Å². The molecule has 0 saturated carbocycles. The number of para-hydroxylation sites is 1. The molecule has 0 radical (unpaired) electrons. The zero-order valence-corrected chi connectivity index (χ0v) is 11.6. The van der Waals surface area contributed by atoms with Gasteiger partial charge in [0, 0.05) is 6.61 Å². The molecular formula is C14H22N2O3. The molecule has 0 saturated heterocycles. The van der Waals surface area contributed by atoms with Gasteiger partial charge in [0.05, 0.1) is 29.6 Å². The van der Waals surface area contributed by atoms with Crippen LogP contribution in [0.4, 0.5) is 11.4 Å². The molecule has 0 aliphatic heterocycles. The molecule has 106 valence electrons. The van der Waals surface area contributed by atoms with Crippen LogP contribution in [0.5, 0.6) is 0 Å². The van der Waals surface area contributed by atoms with Gasteiger partial charge in [0.25, 0.3) is 0 Å². The molecule has 1 unspecified atom stereocenters. The number of carbonyl (C=O) groups is 1. The van der Waals surface area contributed by atoms with Gasteiger partial charge in [-0.25, -0.2) is 4.79 Å². The Hall–Kier alpha value is -1.75. The monoisotopic (exact) mass is 266 g/mol. The number of carboxylic acid groups (broad SMARTS) is 1. The number of nitrogen functional groups attached to an aromatic ring is 1. The molecule has 19 heavy (non-hydrogen) atoms. The highest BCUT2D eigenvalue weighted by atomic mass is 16.5. The van der Waals surface area contributed by atoms with Gasteiger partial charge in [-0.1, -0.05) is 19.9 Å². The Kier molecular flexibility index (Phi) is 5.63. The fraction of sp³-hybridized carbons (Fsp3) is 0.500. The van der Waals surface area contributed by atoms with Crippen molar-refractivity contribution in [2.75, 3.05) is 24.3 Å². The lowest BCUT2D eigenvalue weighted by atomic mass is 10.0. The zero-order chi connectivity index (χ0) is 14.4. The largest absolute Gasteiger partial charge is 0.478 e. The zero-order valence-electron chi connectivity index (χ0n) is 11.6. The summed E-state index contributed by atoms with van der Waals surface area (Å²) >= 11 is 0. The molecule has 4 N–H and O–H groups in total. The Bertz CT molecular complexity index is 433. The molecule has 0 amide bonds. The van der Waals surface area contributed by atoms with E-state index >= 15 is 0 Å². The minimum absolute atomic E-state index is 0.0164. The van der Waals surface area contributed by atoms with Crippen LogP contribution in [0.15, 0.2) is 18.2 Å². The van der Waals surface area contributed by atoms with E-state index in [1.807, 2.05) is 6.92 Å². The normalized spacial score (nSPS) is 12.4. The van der Waals surface area contributed by atoms with Crippen LogP contribution in [0.25, 0.3) is 0 Å². The Morgan fingerprint density at radius 3 is 2.68 bits per heavy atom. The Balaban J connectivity index is 2.98. The van der Waals surface area contributed by atoms with Crippen molar-refractivity contribution in [2.45, 2.75) is 26.8 Å². The van der Waals surface area contributed by atoms with Gasteiger partial charge in [-0.05, 0) is 25.0 Å². The van der Waals surface area contributed by atoms with E-state index in [9.17, 15) is 9.90 Å². The standard InChI is InChI=1S/C14H22N2O3/c1-4-19-8-12(9(2)3)16-13-10(14(17)18)6-5-7-11(13)15/h5-7,9,12,16H,4,8,15H2,1-3H3,(H,17,18). The van der Waals surface area contributed by atoms with Crippen molar-refractivity contribution in [3.8, 4) is 0 Å². The van der Waals surface area contributed by atoms with Gasteiger partial charge in [-0.15, -0.1) is 0 Å². The van der Waals surface area contributed by atoms with Crippen molar-refractivity contribution < 1.29 is 14.6 Å². The third-order valence-corrected chi connectivity index (χ3v) is 2.96. The highest BCUT2D eigenvalue weighted by molar-refractivity contribution is 5.97. The summed E-state index contributed by atoms with van der Waals surface area (Å²) in [5, 5.41) is 12.4. The lowest BCUT2D eigenvalue weighted by Gasteiger charge is -2.25. The van der Waals surface area contributed by atoms with E-state index in [1.54, 1.807) is 18.2 Å². The molecule has 1 atom stereocenters. The summed E-state index contributed by atoms with van der Waals surface area (Å²) in [4.78, 5) is 11.2. The fourth-order valence-electron chi connectivity index (χ4n) is 1.74. The lowest BCUT2D eigenvalue weighted by Crippen LogP contribution is -2.32.